The molecule has 4 aromatic rings. The summed E-state index contributed by atoms with van der Waals surface area (Å²) in [7, 11) is -2.20. The molecule has 0 spiro atoms. The Morgan fingerprint density at radius 3 is 2.00 bits per heavy atom. The van der Waals surface area contributed by atoms with Crippen molar-refractivity contribution in [3.05, 3.63) is 144 Å². The van der Waals surface area contributed by atoms with E-state index >= 15 is 0 Å². The van der Waals surface area contributed by atoms with Crippen molar-refractivity contribution in [2.24, 2.45) is 0 Å². The summed E-state index contributed by atoms with van der Waals surface area (Å²) in [6, 6.07) is 34.7. The lowest BCUT2D eigenvalue weighted by atomic mass is 9.94. The average Bonchev–Trinajstić information content (AvgIpc) is 3.16. The molecule has 0 radical (unpaired) electrons. The number of ether oxygens (including phenoxy) is 1. The number of methoxy groups -OCH3 is 1. The zero-order chi connectivity index (χ0) is 25.8. The number of hydrogen-bond donors (Lipinski definition) is 0. The van der Waals surface area contributed by atoms with Gasteiger partial charge in [-0.2, -0.15) is 0 Å². The van der Waals surface area contributed by atoms with Gasteiger partial charge in [0.1, 0.15) is 5.75 Å². The fourth-order valence-corrected chi connectivity index (χ4v) is 6.09. The minimum absolute atomic E-state index is 0.156. The Morgan fingerprint density at radius 1 is 0.757 bits per heavy atom. The standard InChI is InChI=1S/C32H29NO3S/c1-24-13-19-31(20-14-24)37(34,35)33-23-29(25-9-5-3-6-10-25)21-28(26-15-17-30(36-2)18-16-26)22-32(33)27-11-7-4-8-12-27/h3-22,29H,23H2,1-2H3/t29-/m1/s1. The Balaban J connectivity index is 1.72. The van der Waals surface area contributed by atoms with Gasteiger partial charge in [-0.1, -0.05) is 96.6 Å². The van der Waals surface area contributed by atoms with E-state index in [2.05, 4.69) is 18.2 Å². The number of sulfonamides is 1. The lowest BCUT2D eigenvalue weighted by Crippen LogP contribution is -2.32. The van der Waals surface area contributed by atoms with Crippen LogP contribution in [0.4, 0.5) is 0 Å². The highest BCUT2D eigenvalue weighted by Gasteiger charge is 2.32. The third kappa shape index (κ3) is 5.23. The third-order valence-corrected chi connectivity index (χ3v) is 8.43. The molecule has 37 heavy (non-hydrogen) atoms. The van der Waals surface area contributed by atoms with Crippen molar-refractivity contribution in [1.82, 2.24) is 4.31 Å². The molecule has 0 unspecified atom stereocenters. The Kier molecular flexibility index (Phi) is 6.97. The summed E-state index contributed by atoms with van der Waals surface area (Å²) in [5.41, 5.74) is 5.49. The van der Waals surface area contributed by atoms with Crippen LogP contribution in [-0.4, -0.2) is 26.4 Å². The molecule has 0 saturated heterocycles. The first-order valence-corrected chi connectivity index (χ1v) is 13.7. The van der Waals surface area contributed by atoms with Crippen LogP contribution in [0.1, 0.15) is 28.2 Å². The molecule has 1 aliphatic rings. The van der Waals surface area contributed by atoms with Crippen LogP contribution in [0.3, 0.4) is 0 Å². The summed E-state index contributed by atoms with van der Waals surface area (Å²) in [5, 5.41) is 0. The zero-order valence-corrected chi connectivity index (χ0v) is 21.7. The van der Waals surface area contributed by atoms with Crippen molar-refractivity contribution in [3.8, 4) is 5.75 Å². The SMILES string of the molecule is COc1ccc(C2=C[C@@H](c3ccccc3)CN(S(=O)(=O)c3ccc(C)cc3)C(c3ccccc3)=C2)cc1. The number of nitrogens with zero attached hydrogens (tertiary/aromatic N) is 1. The molecule has 186 valence electrons. The van der Waals surface area contributed by atoms with E-state index < -0.39 is 10.0 Å². The first-order valence-electron chi connectivity index (χ1n) is 12.2. The maximum absolute atomic E-state index is 14.2. The maximum Gasteiger partial charge on any atom is 0.264 e. The van der Waals surface area contributed by atoms with Crippen LogP contribution < -0.4 is 4.74 Å². The number of allylic oxidation sites excluding steroid dienone is 2. The number of aryl methyl sites for hydroxylation is 1. The van der Waals surface area contributed by atoms with E-state index in [0.29, 0.717) is 5.70 Å². The molecule has 1 aliphatic heterocycles. The summed E-state index contributed by atoms with van der Waals surface area (Å²) >= 11 is 0. The molecule has 5 rings (SSSR count). The molecule has 4 nitrogen and oxygen atoms in total. The second kappa shape index (κ2) is 10.5. The van der Waals surface area contributed by atoms with Gasteiger partial charge >= 0.3 is 0 Å². The van der Waals surface area contributed by atoms with Crippen molar-refractivity contribution in [2.45, 2.75) is 17.7 Å². The van der Waals surface area contributed by atoms with Gasteiger partial charge in [-0.3, -0.25) is 4.31 Å². The van der Waals surface area contributed by atoms with Crippen LogP contribution in [0.25, 0.3) is 11.3 Å². The highest BCUT2D eigenvalue weighted by atomic mass is 32.2. The second-order valence-corrected chi connectivity index (χ2v) is 11.0. The van der Waals surface area contributed by atoms with Crippen LogP contribution in [0.2, 0.25) is 0 Å². The normalized spacial score (nSPS) is 15.9. The topological polar surface area (TPSA) is 46.6 Å². The number of rotatable bonds is 6. The summed E-state index contributed by atoms with van der Waals surface area (Å²) in [4.78, 5) is 0.277. The molecule has 0 saturated carbocycles. The van der Waals surface area contributed by atoms with Crippen LogP contribution >= 0.6 is 0 Å². The Labute approximate surface area is 219 Å². The Morgan fingerprint density at radius 2 is 1.38 bits per heavy atom. The van der Waals surface area contributed by atoms with Crippen molar-refractivity contribution >= 4 is 21.3 Å². The average molecular weight is 508 g/mol. The first-order chi connectivity index (χ1) is 18.0. The smallest absolute Gasteiger partial charge is 0.264 e. The molecular weight excluding hydrogens is 478 g/mol. The predicted molar refractivity (Wildman–Crippen MR) is 150 cm³/mol. The Hall–Kier alpha value is -4.09. The van der Waals surface area contributed by atoms with Crippen LogP contribution in [0.5, 0.6) is 5.75 Å². The molecule has 0 aliphatic carbocycles. The molecule has 0 N–H and O–H groups in total. The van der Waals surface area contributed by atoms with Crippen molar-refractivity contribution in [3.63, 3.8) is 0 Å². The van der Waals surface area contributed by atoms with E-state index in [1.54, 1.807) is 23.5 Å². The number of hydrogen-bond acceptors (Lipinski definition) is 3. The summed E-state index contributed by atoms with van der Waals surface area (Å²) in [6.07, 6.45) is 4.16. The van der Waals surface area contributed by atoms with Gasteiger partial charge < -0.3 is 4.74 Å². The molecular formula is C32H29NO3S. The third-order valence-electron chi connectivity index (χ3n) is 6.63. The van der Waals surface area contributed by atoms with Crippen molar-refractivity contribution < 1.29 is 13.2 Å². The van der Waals surface area contributed by atoms with Gasteiger partial charge in [0, 0.05) is 12.5 Å². The fraction of sp³-hybridized carbons (Fsp3) is 0.125. The summed E-state index contributed by atoms with van der Waals surface area (Å²) < 4.78 is 35.3. The van der Waals surface area contributed by atoms with Gasteiger partial charge in [-0.25, -0.2) is 8.42 Å². The molecule has 0 fully saturated rings. The molecule has 0 aromatic heterocycles. The van der Waals surface area contributed by atoms with E-state index in [9.17, 15) is 8.42 Å². The highest BCUT2D eigenvalue weighted by Crippen LogP contribution is 2.37. The molecule has 1 heterocycles. The predicted octanol–water partition coefficient (Wildman–Crippen LogP) is 6.92. The fourth-order valence-electron chi connectivity index (χ4n) is 4.58. The second-order valence-electron chi connectivity index (χ2n) is 9.11. The van der Waals surface area contributed by atoms with Gasteiger partial charge in [-0.15, -0.1) is 0 Å². The largest absolute Gasteiger partial charge is 0.497 e. The van der Waals surface area contributed by atoms with Gasteiger partial charge in [0.2, 0.25) is 0 Å². The van der Waals surface area contributed by atoms with Crippen molar-refractivity contribution in [2.75, 3.05) is 13.7 Å². The van der Waals surface area contributed by atoms with Gasteiger partial charge in [0.05, 0.1) is 17.7 Å². The van der Waals surface area contributed by atoms with E-state index in [4.69, 9.17) is 4.74 Å². The number of benzene rings is 4. The molecule has 1 atom stereocenters. The van der Waals surface area contributed by atoms with Crippen LogP contribution in [0, 0.1) is 6.92 Å². The van der Waals surface area contributed by atoms with E-state index in [-0.39, 0.29) is 17.4 Å². The molecule has 4 aromatic carbocycles. The van der Waals surface area contributed by atoms with Gasteiger partial charge in [-0.05, 0) is 59.5 Å². The molecule has 0 amide bonds. The van der Waals surface area contributed by atoms with Crippen LogP contribution in [-0.2, 0) is 10.0 Å². The van der Waals surface area contributed by atoms with Gasteiger partial charge in [0.25, 0.3) is 10.0 Å². The zero-order valence-electron chi connectivity index (χ0n) is 20.9. The summed E-state index contributed by atoms with van der Waals surface area (Å²) in [6.45, 7) is 2.23. The maximum atomic E-state index is 14.2. The van der Waals surface area contributed by atoms with Crippen LogP contribution in [0.15, 0.2) is 126 Å². The molecule has 5 heteroatoms. The lowest BCUT2D eigenvalue weighted by molar-refractivity contribution is 0.415. The minimum atomic E-state index is -3.84. The highest BCUT2D eigenvalue weighted by molar-refractivity contribution is 7.89. The molecule has 0 bridgehead atoms. The Bertz CT molecular complexity index is 1520. The first kappa shape index (κ1) is 24.6. The van der Waals surface area contributed by atoms with Crippen molar-refractivity contribution in [1.29, 1.82) is 0 Å². The van der Waals surface area contributed by atoms with E-state index in [1.165, 1.54) is 0 Å². The van der Waals surface area contributed by atoms with E-state index in [1.807, 2.05) is 97.9 Å². The quantitative estimate of drug-likeness (QED) is 0.285. The lowest BCUT2D eigenvalue weighted by Gasteiger charge is -2.29. The van der Waals surface area contributed by atoms with E-state index in [0.717, 1.165) is 33.6 Å². The monoisotopic (exact) mass is 507 g/mol. The van der Waals surface area contributed by atoms with Gasteiger partial charge in [0.15, 0.2) is 0 Å². The minimum Gasteiger partial charge on any atom is -0.497 e. The summed E-state index contributed by atoms with van der Waals surface area (Å²) in [5.74, 6) is 0.615.